The van der Waals surface area contributed by atoms with E-state index in [0.29, 0.717) is 35.9 Å². The van der Waals surface area contributed by atoms with E-state index in [9.17, 15) is 19.1 Å². The molecule has 3 aliphatic heterocycles. The van der Waals surface area contributed by atoms with Crippen LogP contribution < -0.4 is 30.2 Å². The van der Waals surface area contributed by atoms with Crippen LogP contribution in [0.3, 0.4) is 0 Å². The Bertz CT molecular complexity index is 1430. The summed E-state index contributed by atoms with van der Waals surface area (Å²) in [6.07, 6.45) is -0.862. The van der Waals surface area contributed by atoms with Crippen LogP contribution in [0.15, 0.2) is 60.7 Å². The van der Waals surface area contributed by atoms with Crippen LogP contribution in [0.4, 0.5) is 20.6 Å². The lowest BCUT2D eigenvalue weighted by molar-refractivity contribution is -0.142. The van der Waals surface area contributed by atoms with Crippen LogP contribution in [0.2, 0.25) is 0 Å². The normalized spacial score (nSPS) is 22.1. The third-order valence-corrected chi connectivity index (χ3v) is 7.22. The fourth-order valence-corrected chi connectivity index (χ4v) is 5.34. The minimum atomic E-state index is -0.612. The Morgan fingerprint density at radius 2 is 1.80 bits per heavy atom. The van der Waals surface area contributed by atoms with Crippen LogP contribution in [-0.2, 0) is 16.1 Å². The molecule has 3 amide bonds. The van der Waals surface area contributed by atoms with Gasteiger partial charge >= 0.3 is 6.03 Å². The molecule has 40 heavy (non-hydrogen) atoms. The fraction of sp³-hybridized carbons (Fsp3) is 0.310. The Hall–Kier alpha value is -4.35. The number of halogens is 1. The molecule has 4 N–H and O–H groups in total. The lowest BCUT2D eigenvalue weighted by Gasteiger charge is -2.37. The summed E-state index contributed by atoms with van der Waals surface area (Å²) in [4.78, 5) is 25.3. The first-order valence-electron chi connectivity index (χ1n) is 13.0. The molecule has 6 rings (SSSR count). The van der Waals surface area contributed by atoms with Crippen molar-refractivity contribution in [1.82, 2.24) is 5.32 Å². The summed E-state index contributed by atoms with van der Waals surface area (Å²) in [6, 6.07) is 16.1. The minimum absolute atomic E-state index is 0.0689. The number of fused-ring (bicyclic) bond motifs is 4. The van der Waals surface area contributed by atoms with Crippen molar-refractivity contribution >= 4 is 23.3 Å². The van der Waals surface area contributed by atoms with Gasteiger partial charge < -0.3 is 40.0 Å². The first-order chi connectivity index (χ1) is 19.5. The highest BCUT2D eigenvalue weighted by Crippen LogP contribution is 2.47. The highest BCUT2D eigenvalue weighted by Gasteiger charge is 2.46. The van der Waals surface area contributed by atoms with Gasteiger partial charge in [0, 0.05) is 23.7 Å². The summed E-state index contributed by atoms with van der Waals surface area (Å²) >= 11 is 0. The van der Waals surface area contributed by atoms with E-state index in [-0.39, 0.29) is 37.3 Å². The number of hydrogen-bond acceptors (Lipinski definition) is 7. The molecule has 0 bridgehead atoms. The molecule has 3 heterocycles. The summed E-state index contributed by atoms with van der Waals surface area (Å²) in [5.41, 5.74) is 2.30. The third kappa shape index (κ3) is 5.38. The Labute approximate surface area is 229 Å². The number of hydrogen-bond donors (Lipinski definition) is 4. The summed E-state index contributed by atoms with van der Waals surface area (Å²) in [7, 11) is 0. The maximum absolute atomic E-state index is 13.9. The molecule has 11 heteroatoms. The number of carbonyl (C=O) groups excluding carboxylic acids is 2. The molecule has 1 fully saturated rings. The second-order valence-corrected chi connectivity index (χ2v) is 9.88. The Morgan fingerprint density at radius 3 is 2.65 bits per heavy atom. The number of carbonyl (C=O) groups is 2. The smallest absolute Gasteiger partial charge is 0.323 e. The molecule has 0 spiro atoms. The number of urea groups is 1. The van der Waals surface area contributed by atoms with Crippen molar-refractivity contribution in [2.24, 2.45) is 0 Å². The van der Waals surface area contributed by atoms with Crippen molar-refractivity contribution in [3.05, 3.63) is 77.6 Å². The van der Waals surface area contributed by atoms with Crippen LogP contribution in [0.25, 0.3) is 0 Å². The van der Waals surface area contributed by atoms with Crippen LogP contribution in [0.1, 0.15) is 29.9 Å². The van der Waals surface area contributed by atoms with Gasteiger partial charge in [0.15, 0.2) is 11.5 Å². The molecule has 3 aromatic rings. The van der Waals surface area contributed by atoms with Gasteiger partial charge in [-0.3, -0.25) is 4.79 Å². The molecule has 0 radical (unpaired) electrons. The van der Waals surface area contributed by atoms with E-state index in [1.54, 1.807) is 30.3 Å². The Kier molecular flexibility index (Phi) is 7.14. The van der Waals surface area contributed by atoms with Crippen LogP contribution in [0.5, 0.6) is 17.2 Å². The molecule has 3 aromatic carbocycles. The van der Waals surface area contributed by atoms with E-state index < -0.39 is 30.2 Å². The van der Waals surface area contributed by atoms with Gasteiger partial charge in [0.1, 0.15) is 23.8 Å². The van der Waals surface area contributed by atoms with E-state index in [2.05, 4.69) is 16.0 Å². The first kappa shape index (κ1) is 25.9. The van der Waals surface area contributed by atoms with Gasteiger partial charge in [0.2, 0.25) is 12.7 Å². The van der Waals surface area contributed by atoms with Gasteiger partial charge in [-0.05, 0) is 54.4 Å². The largest absolute Gasteiger partial charge is 0.487 e. The highest BCUT2D eigenvalue weighted by atomic mass is 19.1. The minimum Gasteiger partial charge on any atom is -0.487 e. The van der Waals surface area contributed by atoms with Crippen molar-refractivity contribution in [2.75, 3.05) is 24.0 Å². The van der Waals surface area contributed by atoms with Crippen LogP contribution >= 0.6 is 0 Å². The van der Waals surface area contributed by atoms with Gasteiger partial charge in [-0.1, -0.05) is 18.2 Å². The topological polar surface area (TPSA) is 127 Å². The molecular formula is C29H28FN3O7. The zero-order valence-corrected chi connectivity index (χ0v) is 21.4. The maximum atomic E-state index is 13.9. The molecule has 4 atom stereocenters. The number of para-hydroxylation sites is 1. The molecule has 10 nitrogen and oxygen atoms in total. The second-order valence-electron chi connectivity index (χ2n) is 9.88. The van der Waals surface area contributed by atoms with Crippen molar-refractivity contribution in [3.63, 3.8) is 0 Å². The van der Waals surface area contributed by atoms with Gasteiger partial charge in [-0.2, -0.15) is 0 Å². The monoisotopic (exact) mass is 549 g/mol. The molecule has 0 aliphatic carbocycles. The summed E-state index contributed by atoms with van der Waals surface area (Å²) in [6.45, 7) is 0.248. The van der Waals surface area contributed by atoms with Crippen LogP contribution in [-0.4, -0.2) is 48.8 Å². The average Bonchev–Trinajstić information content (AvgIpc) is 3.57. The Morgan fingerprint density at radius 1 is 0.975 bits per heavy atom. The van der Waals surface area contributed by atoms with E-state index in [1.165, 1.54) is 12.1 Å². The highest BCUT2D eigenvalue weighted by molar-refractivity contribution is 6.00. The standard InChI is InChI=1S/C29H28FN3O7/c30-21-3-1-2-4-22(21)33-29(36)32-17-6-8-23-19(10-17)20-11-18(39-26(14-34)28(20)40-23)12-27(35)31-13-16-5-7-24-25(9-16)38-15-37-24/h1-10,18,20,26,28,34H,11-15H2,(H,31,35)(H2,32,33,36)/t18-,20-,26-,28+/m1/s1. The predicted octanol–water partition coefficient (Wildman–Crippen LogP) is 3.90. The zero-order chi connectivity index (χ0) is 27.6. The average molecular weight is 550 g/mol. The van der Waals surface area contributed by atoms with E-state index in [1.807, 2.05) is 18.2 Å². The van der Waals surface area contributed by atoms with Gasteiger partial charge in [0.05, 0.1) is 24.8 Å². The lowest BCUT2D eigenvalue weighted by Crippen LogP contribution is -2.47. The SMILES string of the molecule is O=C(C[C@H]1C[C@@H]2c3cc(NC(=O)Nc4ccccc4F)ccc3O[C@@H]2[C@@H](CO)O1)NCc1ccc2c(c1)OCO2. The predicted molar refractivity (Wildman–Crippen MR) is 142 cm³/mol. The molecule has 208 valence electrons. The first-order valence-corrected chi connectivity index (χ1v) is 13.0. The van der Waals surface area contributed by atoms with Crippen molar-refractivity contribution in [1.29, 1.82) is 0 Å². The number of rotatable bonds is 7. The fourth-order valence-electron chi connectivity index (χ4n) is 5.34. The van der Waals surface area contributed by atoms with Gasteiger partial charge in [-0.25, -0.2) is 9.18 Å². The van der Waals surface area contributed by atoms with E-state index in [0.717, 1.165) is 11.1 Å². The van der Waals surface area contributed by atoms with Crippen molar-refractivity contribution in [3.8, 4) is 17.2 Å². The third-order valence-electron chi connectivity index (χ3n) is 7.22. The second kappa shape index (κ2) is 11.0. The quantitative estimate of drug-likeness (QED) is 0.352. The molecule has 3 aliphatic rings. The number of nitrogens with one attached hydrogen (secondary N) is 3. The molecule has 0 aromatic heterocycles. The van der Waals surface area contributed by atoms with Crippen LogP contribution in [0, 0.1) is 5.82 Å². The lowest BCUT2D eigenvalue weighted by atomic mass is 9.84. The number of ether oxygens (including phenoxy) is 4. The van der Waals surface area contributed by atoms with Gasteiger partial charge in [-0.15, -0.1) is 0 Å². The van der Waals surface area contributed by atoms with Gasteiger partial charge in [0.25, 0.3) is 0 Å². The van der Waals surface area contributed by atoms with Crippen molar-refractivity contribution < 1.29 is 38.0 Å². The number of aliphatic hydroxyl groups excluding tert-OH is 1. The van der Waals surface area contributed by atoms with E-state index in [4.69, 9.17) is 18.9 Å². The number of benzene rings is 3. The molecular weight excluding hydrogens is 521 g/mol. The summed E-state index contributed by atoms with van der Waals surface area (Å²) < 4.78 is 36.8. The molecule has 0 unspecified atom stereocenters. The summed E-state index contributed by atoms with van der Waals surface area (Å²) in [5, 5.41) is 18.1. The van der Waals surface area contributed by atoms with Crippen molar-refractivity contribution in [2.45, 2.75) is 43.6 Å². The molecule has 0 saturated carbocycles. The molecule has 1 saturated heterocycles. The summed E-state index contributed by atoms with van der Waals surface area (Å²) in [5.74, 6) is 1.09. The number of aliphatic hydroxyl groups is 1. The number of anilines is 2. The Balaban J connectivity index is 1.09. The van der Waals surface area contributed by atoms with E-state index >= 15 is 0 Å². The number of amides is 3. The maximum Gasteiger partial charge on any atom is 0.323 e. The zero-order valence-electron chi connectivity index (χ0n) is 21.4.